The van der Waals surface area contributed by atoms with Crippen molar-refractivity contribution >= 4 is 5.91 Å². The monoisotopic (exact) mass is 456 g/mol. The molecule has 0 bridgehead atoms. The maximum Gasteiger partial charge on any atom is 0.275 e. The summed E-state index contributed by atoms with van der Waals surface area (Å²) < 4.78 is 11.3. The Hall–Kier alpha value is -2.26. The zero-order valence-electron chi connectivity index (χ0n) is 19.6. The lowest BCUT2D eigenvalue weighted by molar-refractivity contribution is 0.000371. The molecule has 0 radical (unpaired) electrons. The number of benzene rings is 1. The molecule has 2 aromatic rings. The van der Waals surface area contributed by atoms with Crippen LogP contribution < -0.4 is 0 Å². The molecule has 1 N–H and O–H groups in total. The lowest BCUT2D eigenvalue weighted by atomic mass is 9.99. The van der Waals surface area contributed by atoms with Gasteiger partial charge < -0.3 is 19.2 Å². The summed E-state index contributed by atoms with van der Waals surface area (Å²) in [5.74, 6) is 1.25. The van der Waals surface area contributed by atoms with Crippen LogP contribution in [-0.4, -0.2) is 89.2 Å². The second-order valence-electron chi connectivity index (χ2n) is 9.33. The first-order valence-electron chi connectivity index (χ1n) is 12.0. The maximum atomic E-state index is 12.7. The van der Waals surface area contributed by atoms with Crippen molar-refractivity contribution in [3.8, 4) is 0 Å². The number of nitrogens with zero attached hydrogens (tertiary/aromatic N) is 4. The van der Waals surface area contributed by atoms with Crippen LogP contribution in [0.25, 0.3) is 0 Å². The Morgan fingerprint density at radius 3 is 2.55 bits per heavy atom. The predicted octanol–water partition coefficient (Wildman–Crippen LogP) is 2.24. The minimum atomic E-state index is -0.502. The fourth-order valence-corrected chi connectivity index (χ4v) is 4.41. The van der Waals surface area contributed by atoms with E-state index in [9.17, 15) is 9.90 Å². The number of rotatable bonds is 9. The average Bonchev–Trinajstić information content (AvgIpc) is 3.29. The van der Waals surface area contributed by atoms with Gasteiger partial charge in [0, 0.05) is 45.8 Å². The van der Waals surface area contributed by atoms with Gasteiger partial charge in [0.15, 0.2) is 5.69 Å². The third kappa shape index (κ3) is 7.11. The number of carbonyl (C=O) groups excluding carboxylic acids is 1. The molecule has 0 saturated carbocycles. The number of aliphatic hydroxyl groups is 1. The Morgan fingerprint density at radius 2 is 1.82 bits per heavy atom. The number of piperazine rings is 1. The van der Waals surface area contributed by atoms with Crippen molar-refractivity contribution in [1.29, 1.82) is 0 Å². The number of carbonyl (C=O) groups is 1. The van der Waals surface area contributed by atoms with E-state index in [4.69, 9.17) is 9.15 Å². The van der Waals surface area contributed by atoms with Crippen molar-refractivity contribution < 1.29 is 19.1 Å². The van der Waals surface area contributed by atoms with E-state index in [1.807, 2.05) is 35.2 Å². The Balaban J connectivity index is 1.14. The summed E-state index contributed by atoms with van der Waals surface area (Å²) >= 11 is 0. The summed E-state index contributed by atoms with van der Waals surface area (Å²) in [5, 5.41) is 10.3. The first-order chi connectivity index (χ1) is 16.1. The van der Waals surface area contributed by atoms with Gasteiger partial charge in [0.05, 0.1) is 25.9 Å². The van der Waals surface area contributed by atoms with E-state index >= 15 is 0 Å². The largest absolute Gasteiger partial charge is 0.447 e. The Kier molecular flexibility index (Phi) is 8.50. The molecule has 33 heavy (non-hydrogen) atoms. The molecular formula is C25H36N4O4. The zero-order valence-corrected chi connectivity index (χ0v) is 19.6. The molecule has 0 spiro atoms. The molecule has 1 amide bonds. The number of hydrogen-bond donors (Lipinski definition) is 1. The predicted molar refractivity (Wildman–Crippen MR) is 125 cm³/mol. The van der Waals surface area contributed by atoms with Gasteiger partial charge in [-0.2, -0.15) is 0 Å². The number of hydrogen-bond acceptors (Lipinski definition) is 7. The number of oxazole rings is 1. The molecule has 4 rings (SSSR count). The van der Waals surface area contributed by atoms with E-state index in [1.165, 1.54) is 6.26 Å². The van der Waals surface area contributed by atoms with Crippen molar-refractivity contribution in [1.82, 2.24) is 19.7 Å². The second-order valence-corrected chi connectivity index (χ2v) is 9.33. The molecule has 1 atom stereocenters. The van der Waals surface area contributed by atoms with Gasteiger partial charge in [-0.15, -0.1) is 0 Å². The summed E-state index contributed by atoms with van der Waals surface area (Å²) in [4.78, 5) is 23.5. The normalized spacial score (nSPS) is 19.6. The fourth-order valence-electron chi connectivity index (χ4n) is 4.41. The van der Waals surface area contributed by atoms with E-state index < -0.39 is 6.10 Å². The van der Waals surface area contributed by atoms with E-state index in [2.05, 4.69) is 21.7 Å². The molecule has 8 nitrogen and oxygen atoms in total. The van der Waals surface area contributed by atoms with Crippen molar-refractivity contribution in [3.05, 3.63) is 53.7 Å². The summed E-state index contributed by atoms with van der Waals surface area (Å²) in [6.07, 6.45) is 3.10. The highest BCUT2D eigenvalue weighted by atomic mass is 16.5. The standard InChI is InChI=1S/C25H36N4O4/c1-20-7-9-29(10-8-20)25(31)23-19-33-24(26-23)16-28-13-11-27(12-14-28)15-22(30)18-32-17-21-5-3-2-4-6-21/h2-6,19-20,22,30H,7-18H2,1H3. The fraction of sp³-hybridized carbons (Fsp3) is 0.600. The number of ether oxygens (including phenoxy) is 1. The molecule has 2 aliphatic heterocycles. The summed E-state index contributed by atoms with van der Waals surface area (Å²) in [5.41, 5.74) is 1.53. The Morgan fingerprint density at radius 1 is 1.12 bits per heavy atom. The van der Waals surface area contributed by atoms with Gasteiger partial charge in [0.25, 0.3) is 5.91 Å². The Labute approximate surface area is 196 Å². The van der Waals surface area contributed by atoms with E-state index in [-0.39, 0.29) is 5.91 Å². The topological polar surface area (TPSA) is 82.3 Å². The van der Waals surface area contributed by atoms with Crippen molar-refractivity contribution in [3.63, 3.8) is 0 Å². The average molecular weight is 457 g/mol. The van der Waals surface area contributed by atoms with Crippen molar-refractivity contribution in [2.24, 2.45) is 5.92 Å². The molecule has 8 heteroatoms. The molecular weight excluding hydrogens is 420 g/mol. The summed E-state index contributed by atoms with van der Waals surface area (Å²) in [7, 11) is 0. The lowest BCUT2D eigenvalue weighted by Crippen LogP contribution is -2.48. The van der Waals surface area contributed by atoms with Crippen LogP contribution in [-0.2, 0) is 17.9 Å². The van der Waals surface area contributed by atoms with Crippen molar-refractivity contribution in [2.45, 2.75) is 39.0 Å². The van der Waals surface area contributed by atoms with Gasteiger partial charge in [-0.25, -0.2) is 4.98 Å². The van der Waals surface area contributed by atoms with Crippen LogP contribution in [0.3, 0.4) is 0 Å². The van der Waals surface area contributed by atoms with E-state index in [0.29, 0.717) is 43.8 Å². The Bertz CT molecular complexity index is 858. The highest BCUT2D eigenvalue weighted by Crippen LogP contribution is 2.18. The number of piperidine rings is 1. The van der Waals surface area contributed by atoms with Gasteiger partial charge in [-0.3, -0.25) is 14.6 Å². The van der Waals surface area contributed by atoms with Crippen molar-refractivity contribution in [2.75, 3.05) is 52.4 Å². The number of likely N-dealkylation sites (tertiary alicyclic amines) is 1. The van der Waals surface area contributed by atoms with Crippen LogP contribution in [0.5, 0.6) is 0 Å². The first-order valence-corrected chi connectivity index (χ1v) is 12.0. The van der Waals surface area contributed by atoms with Crippen LogP contribution in [0.1, 0.15) is 41.7 Å². The zero-order chi connectivity index (χ0) is 23.0. The lowest BCUT2D eigenvalue weighted by Gasteiger charge is -2.34. The van der Waals surface area contributed by atoms with Gasteiger partial charge in [0.2, 0.25) is 5.89 Å². The van der Waals surface area contributed by atoms with Crippen LogP contribution in [0.4, 0.5) is 0 Å². The van der Waals surface area contributed by atoms with Gasteiger partial charge >= 0.3 is 0 Å². The quantitative estimate of drug-likeness (QED) is 0.620. The number of aromatic nitrogens is 1. The second kappa shape index (κ2) is 11.7. The SMILES string of the molecule is CC1CCN(C(=O)c2coc(CN3CCN(CC(O)COCc4ccccc4)CC3)n2)CC1. The van der Waals surface area contributed by atoms with Crippen LogP contribution in [0.15, 0.2) is 41.0 Å². The molecule has 1 aromatic heterocycles. The van der Waals surface area contributed by atoms with Crippen LogP contribution >= 0.6 is 0 Å². The van der Waals surface area contributed by atoms with Crippen LogP contribution in [0, 0.1) is 5.92 Å². The van der Waals surface area contributed by atoms with E-state index in [0.717, 1.165) is 57.7 Å². The van der Waals surface area contributed by atoms with Crippen LogP contribution in [0.2, 0.25) is 0 Å². The number of β-amino-alcohol motifs (C(OH)–C–C–N with tert-alkyl or cyclic N) is 1. The minimum absolute atomic E-state index is 0.0230. The van der Waals surface area contributed by atoms with Gasteiger partial charge in [-0.1, -0.05) is 37.3 Å². The molecule has 1 aromatic carbocycles. The smallest absolute Gasteiger partial charge is 0.275 e. The number of aliphatic hydroxyl groups excluding tert-OH is 1. The molecule has 3 heterocycles. The molecule has 2 saturated heterocycles. The van der Waals surface area contributed by atoms with Gasteiger partial charge in [-0.05, 0) is 24.3 Å². The highest BCUT2D eigenvalue weighted by Gasteiger charge is 2.25. The summed E-state index contributed by atoms with van der Waals surface area (Å²) in [6.45, 7) is 9.36. The van der Waals surface area contributed by atoms with Gasteiger partial charge in [0.1, 0.15) is 6.26 Å². The summed E-state index contributed by atoms with van der Waals surface area (Å²) in [6, 6.07) is 9.99. The maximum absolute atomic E-state index is 12.7. The highest BCUT2D eigenvalue weighted by molar-refractivity contribution is 5.92. The molecule has 2 aliphatic rings. The minimum Gasteiger partial charge on any atom is -0.447 e. The molecule has 180 valence electrons. The number of amides is 1. The molecule has 0 aliphatic carbocycles. The molecule has 2 fully saturated rings. The third-order valence-corrected chi connectivity index (χ3v) is 6.56. The van der Waals surface area contributed by atoms with E-state index in [1.54, 1.807) is 0 Å². The first kappa shape index (κ1) is 23.9. The third-order valence-electron chi connectivity index (χ3n) is 6.56. The molecule has 1 unspecified atom stereocenters.